The van der Waals surface area contributed by atoms with Gasteiger partial charge in [-0.05, 0) is 31.2 Å². The van der Waals surface area contributed by atoms with E-state index in [9.17, 15) is 9.59 Å². The fourth-order valence-corrected chi connectivity index (χ4v) is 2.95. The van der Waals surface area contributed by atoms with Gasteiger partial charge in [0.2, 0.25) is 0 Å². The van der Waals surface area contributed by atoms with Crippen LogP contribution < -0.4 is 10.1 Å². The standard InChI is InChI=1S/C19H25N5O5/c1-3-28-17(25)12-20-19(26)24-10-8-23(9-11-24)13-16-21-18(29-22-16)14-4-6-15(27-2)7-5-14/h4-7H,3,8-13H2,1-2H3,(H,20,26). The predicted octanol–water partition coefficient (Wildman–Crippen LogP) is 1.14. The maximum atomic E-state index is 12.1. The number of aromatic nitrogens is 2. The summed E-state index contributed by atoms with van der Waals surface area (Å²) in [5, 5.41) is 6.62. The molecule has 0 radical (unpaired) electrons. The van der Waals surface area contributed by atoms with Gasteiger partial charge in [0.1, 0.15) is 12.3 Å². The highest BCUT2D eigenvalue weighted by Gasteiger charge is 2.23. The number of carbonyl (C=O) groups excluding carboxylic acids is 2. The number of nitrogens with zero attached hydrogens (tertiary/aromatic N) is 4. The van der Waals surface area contributed by atoms with E-state index in [2.05, 4.69) is 20.4 Å². The molecule has 1 fully saturated rings. The number of rotatable bonds is 7. The highest BCUT2D eigenvalue weighted by molar-refractivity contribution is 5.80. The third-order valence-corrected chi connectivity index (χ3v) is 4.52. The highest BCUT2D eigenvalue weighted by atomic mass is 16.5. The van der Waals surface area contributed by atoms with Gasteiger partial charge in [-0.1, -0.05) is 5.16 Å². The molecule has 1 aromatic carbocycles. The SMILES string of the molecule is CCOC(=O)CNC(=O)N1CCN(Cc2noc(-c3ccc(OC)cc3)n2)CC1. The Kier molecular flexibility index (Phi) is 7.01. The van der Waals surface area contributed by atoms with Crippen molar-refractivity contribution in [3.8, 4) is 17.2 Å². The average Bonchev–Trinajstić information content (AvgIpc) is 3.21. The molecule has 1 aliphatic heterocycles. The van der Waals surface area contributed by atoms with Crippen LogP contribution in [0.2, 0.25) is 0 Å². The molecule has 2 amide bonds. The second-order valence-electron chi connectivity index (χ2n) is 6.47. The van der Waals surface area contributed by atoms with E-state index < -0.39 is 5.97 Å². The lowest BCUT2D eigenvalue weighted by molar-refractivity contribution is -0.141. The van der Waals surface area contributed by atoms with Crippen molar-refractivity contribution in [2.24, 2.45) is 0 Å². The lowest BCUT2D eigenvalue weighted by Gasteiger charge is -2.33. The van der Waals surface area contributed by atoms with Crippen molar-refractivity contribution >= 4 is 12.0 Å². The van der Waals surface area contributed by atoms with E-state index in [1.165, 1.54) is 0 Å². The van der Waals surface area contributed by atoms with Crippen LogP contribution in [0.4, 0.5) is 4.79 Å². The number of amides is 2. The van der Waals surface area contributed by atoms with Gasteiger partial charge in [0.15, 0.2) is 5.82 Å². The molecule has 156 valence electrons. The quantitative estimate of drug-likeness (QED) is 0.685. The van der Waals surface area contributed by atoms with Crippen LogP contribution in [0.5, 0.6) is 5.75 Å². The van der Waals surface area contributed by atoms with Crippen molar-refractivity contribution in [2.75, 3.05) is 46.4 Å². The predicted molar refractivity (Wildman–Crippen MR) is 103 cm³/mol. The molecular formula is C19H25N5O5. The maximum absolute atomic E-state index is 12.1. The Hall–Kier alpha value is -3.14. The summed E-state index contributed by atoms with van der Waals surface area (Å²) < 4.78 is 15.3. The molecule has 1 aromatic heterocycles. The van der Waals surface area contributed by atoms with Crippen LogP contribution in [-0.2, 0) is 16.1 Å². The molecule has 0 bridgehead atoms. The van der Waals surface area contributed by atoms with Gasteiger partial charge in [-0.25, -0.2) is 4.79 Å². The van der Waals surface area contributed by atoms with Crippen molar-refractivity contribution in [3.05, 3.63) is 30.1 Å². The molecule has 1 N–H and O–H groups in total. The number of hydrogen-bond acceptors (Lipinski definition) is 8. The van der Waals surface area contributed by atoms with Crippen LogP contribution in [0.1, 0.15) is 12.7 Å². The van der Waals surface area contributed by atoms with Crippen molar-refractivity contribution in [3.63, 3.8) is 0 Å². The summed E-state index contributed by atoms with van der Waals surface area (Å²) >= 11 is 0. The number of ether oxygens (including phenoxy) is 2. The Morgan fingerprint density at radius 3 is 2.55 bits per heavy atom. The van der Waals surface area contributed by atoms with Gasteiger partial charge < -0.3 is 24.2 Å². The number of methoxy groups -OCH3 is 1. The molecule has 2 heterocycles. The molecule has 0 aliphatic carbocycles. The van der Waals surface area contributed by atoms with Gasteiger partial charge in [-0.2, -0.15) is 4.98 Å². The van der Waals surface area contributed by atoms with E-state index >= 15 is 0 Å². The first kappa shape index (κ1) is 20.6. The fourth-order valence-electron chi connectivity index (χ4n) is 2.95. The summed E-state index contributed by atoms with van der Waals surface area (Å²) in [7, 11) is 1.61. The summed E-state index contributed by atoms with van der Waals surface area (Å²) in [5.74, 6) is 1.37. The largest absolute Gasteiger partial charge is 0.497 e. The van der Waals surface area contributed by atoms with Crippen LogP contribution in [0, 0.1) is 0 Å². The molecule has 0 atom stereocenters. The first-order valence-corrected chi connectivity index (χ1v) is 9.46. The molecule has 3 rings (SSSR count). The van der Waals surface area contributed by atoms with Gasteiger partial charge in [0.25, 0.3) is 5.89 Å². The first-order valence-electron chi connectivity index (χ1n) is 9.46. The first-order chi connectivity index (χ1) is 14.1. The third-order valence-electron chi connectivity index (χ3n) is 4.52. The minimum absolute atomic E-state index is 0.121. The number of esters is 1. The molecule has 0 unspecified atom stereocenters. The minimum Gasteiger partial charge on any atom is -0.497 e. The second kappa shape index (κ2) is 9.87. The Morgan fingerprint density at radius 1 is 1.17 bits per heavy atom. The van der Waals surface area contributed by atoms with Gasteiger partial charge >= 0.3 is 12.0 Å². The Bertz CT molecular complexity index is 815. The molecule has 1 saturated heterocycles. The van der Waals surface area contributed by atoms with Crippen LogP contribution in [0.15, 0.2) is 28.8 Å². The van der Waals surface area contributed by atoms with E-state index in [1.54, 1.807) is 18.9 Å². The van der Waals surface area contributed by atoms with Gasteiger partial charge in [-0.15, -0.1) is 0 Å². The summed E-state index contributed by atoms with van der Waals surface area (Å²) in [6.45, 7) is 4.91. The minimum atomic E-state index is -0.441. The van der Waals surface area contributed by atoms with Gasteiger partial charge in [0.05, 0.1) is 20.3 Å². The van der Waals surface area contributed by atoms with Gasteiger partial charge in [0, 0.05) is 31.7 Å². The van der Waals surface area contributed by atoms with E-state index in [-0.39, 0.29) is 12.6 Å². The summed E-state index contributed by atoms with van der Waals surface area (Å²) in [4.78, 5) is 31.7. The monoisotopic (exact) mass is 403 g/mol. The Labute approximate surface area is 168 Å². The van der Waals surface area contributed by atoms with Crippen molar-refractivity contribution in [2.45, 2.75) is 13.5 Å². The zero-order valence-corrected chi connectivity index (χ0v) is 16.6. The van der Waals surface area contributed by atoms with Crippen LogP contribution >= 0.6 is 0 Å². The topological polar surface area (TPSA) is 110 Å². The normalized spacial score (nSPS) is 14.5. The zero-order valence-electron chi connectivity index (χ0n) is 16.6. The van der Waals surface area contributed by atoms with E-state index in [0.717, 1.165) is 11.3 Å². The molecule has 10 nitrogen and oxygen atoms in total. The van der Waals surface area contributed by atoms with Crippen LogP contribution in [0.25, 0.3) is 11.5 Å². The summed E-state index contributed by atoms with van der Waals surface area (Å²) in [6, 6.07) is 7.14. The Balaban J connectivity index is 1.45. The van der Waals surface area contributed by atoms with E-state index in [0.29, 0.717) is 51.0 Å². The lowest BCUT2D eigenvalue weighted by Crippen LogP contribution is -2.52. The molecule has 1 aliphatic rings. The molecule has 0 saturated carbocycles. The number of urea groups is 1. The van der Waals surface area contributed by atoms with E-state index in [1.807, 2.05) is 24.3 Å². The summed E-state index contributed by atoms with van der Waals surface area (Å²) in [6.07, 6.45) is 0. The highest BCUT2D eigenvalue weighted by Crippen LogP contribution is 2.21. The average molecular weight is 403 g/mol. The van der Waals surface area contributed by atoms with Crippen molar-refractivity contribution < 1.29 is 23.6 Å². The number of piperazine rings is 1. The maximum Gasteiger partial charge on any atom is 0.325 e. The lowest BCUT2D eigenvalue weighted by atomic mass is 10.2. The molecule has 29 heavy (non-hydrogen) atoms. The Morgan fingerprint density at radius 2 is 1.90 bits per heavy atom. The molecule has 0 spiro atoms. The van der Waals surface area contributed by atoms with E-state index in [4.69, 9.17) is 14.0 Å². The molecule has 2 aromatic rings. The van der Waals surface area contributed by atoms with Crippen LogP contribution in [-0.4, -0.2) is 78.4 Å². The number of carbonyl (C=O) groups is 2. The van der Waals surface area contributed by atoms with Crippen molar-refractivity contribution in [1.29, 1.82) is 0 Å². The van der Waals surface area contributed by atoms with Gasteiger partial charge in [-0.3, -0.25) is 9.69 Å². The third kappa shape index (κ3) is 5.67. The fraction of sp³-hybridized carbons (Fsp3) is 0.474. The molecular weight excluding hydrogens is 378 g/mol. The second-order valence-corrected chi connectivity index (χ2v) is 6.47. The number of benzene rings is 1. The number of nitrogens with one attached hydrogen (secondary N) is 1. The summed E-state index contributed by atoms with van der Waals surface area (Å²) in [5.41, 5.74) is 0.827. The smallest absolute Gasteiger partial charge is 0.325 e. The zero-order chi connectivity index (χ0) is 20.6. The molecule has 10 heteroatoms. The number of hydrogen-bond donors (Lipinski definition) is 1. The van der Waals surface area contributed by atoms with Crippen LogP contribution in [0.3, 0.4) is 0 Å². The van der Waals surface area contributed by atoms with Crippen molar-refractivity contribution in [1.82, 2.24) is 25.3 Å².